The molecule has 0 saturated heterocycles. The van der Waals surface area contributed by atoms with E-state index in [0.29, 0.717) is 22.6 Å². The number of halogens is 2. The van der Waals surface area contributed by atoms with E-state index in [9.17, 15) is 4.39 Å². The number of nitrogens with two attached hydrogens (primary N) is 1. The van der Waals surface area contributed by atoms with Gasteiger partial charge in [0.25, 0.3) is 0 Å². The Morgan fingerprint density at radius 3 is 2.50 bits per heavy atom. The number of nitrogen functional groups attached to an aromatic ring is 1. The van der Waals surface area contributed by atoms with Gasteiger partial charge < -0.3 is 11.1 Å². The quantitative estimate of drug-likeness (QED) is 0.811. The van der Waals surface area contributed by atoms with E-state index in [0.717, 1.165) is 0 Å². The van der Waals surface area contributed by atoms with Crippen LogP contribution in [0.5, 0.6) is 0 Å². The van der Waals surface area contributed by atoms with Gasteiger partial charge in [0, 0.05) is 17.1 Å². The van der Waals surface area contributed by atoms with Crippen molar-refractivity contribution in [3.05, 3.63) is 52.8 Å². The van der Waals surface area contributed by atoms with Crippen molar-refractivity contribution in [3.63, 3.8) is 0 Å². The minimum Gasteiger partial charge on any atom is -0.398 e. The van der Waals surface area contributed by atoms with Crippen molar-refractivity contribution in [2.24, 2.45) is 0 Å². The highest BCUT2D eigenvalue weighted by atomic mass is 35.5. The molecular formula is C13H9ClFN3. The van der Waals surface area contributed by atoms with E-state index < -0.39 is 5.82 Å². The van der Waals surface area contributed by atoms with E-state index in [-0.39, 0.29) is 5.02 Å². The van der Waals surface area contributed by atoms with Gasteiger partial charge in [-0.25, -0.2) is 4.39 Å². The van der Waals surface area contributed by atoms with Crippen LogP contribution in [0.2, 0.25) is 5.02 Å². The number of hydrogen-bond donors (Lipinski definition) is 2. The highest BCUT2D eigenvalue weighted by Gasteiger charge is 2.03. The summed E-state index contributed by atoms with van der Waals surface area (Å²) in [6.45, 7) is 0. The van der Waals surface area contributed by atoms with E-state index in [1.54, 1.807) is 24.3 Å². The number of anilines is 3. The molecule has 0 aromatic heterocycles. The molecule has 0 aliphatic rings. The van der Waals surface area contributed by atoms with E-state index in [2.05, 4.69) is 5.32 Å². The summed E-state index contributed by atoms with van der Waals surface area (Å²) >= 11 is 5.59. The Morgan fingerprint density at radius 1 is 1.17 bits per heavy atom. The molecule has 0 bridgehead atoms. The predicted octanol–water partition coefficient (Wildman–Crippen LogP) is 3.68. The van der Waals surface area contributed by atoms with Gasteiger partial charge in [-0.2, -0.15) is 5.26 Å². The van der Waals surface area contributed by atoms with Gasteiger partial charge in [0.1, 0.15) is 11.9 Å². The van der Waals surface area contributed by atoms with Crippen LogP contribution in [-0.4, -0.2) is 0 Å². The Balaban J connectivity index is 2.29. The summed E-state index contributed by atoms with van der Waals surface area (Å²) < 4.78 is 13.2. The zero-order chi connectivity index (χ0) is 13.1. The Bertz CT molecular complexity index is 635. The fourth-order valence-corrected chi connectivity index (χ4v) is 1.59. The fourth-order valence-electron chi connectivity index (χ4n) is 1.47. The molecule has 0 aliphatic carbocycles. The first-order valence-corrected chi connectivity index (χ1v) is 5.49. The first-order chi connectivity index (χ1) is 8.60. The number of hydrogen-bond acceptors (Lipinski definition) is 3. The van der Waals surface area contributed by atoms with Crippen molar-refractivity contribution in [2.45, 2.75) is 0 Å². The van der Waals surface area contributed by atoms with E-state index in [1.165, 1.54) is 12.1 Å². The molecule has 5 heteroatoms. The molecule has 0 aliphatic heterocycles. The fraction of sp³-hybridized carbons (Fsp3) is 0. The second-order valence-corrected chi connectivity index (χ2v) is 4.07. The SMILES string of the molecule is N#Cc1cc(Nc2ccc(Cl)c(F)c2)ccc1N. The van der Waals surface area contributed by atoms with E-state index in [4.69, 9.17) is 22.6 Å². The summed E-state index contributed by atoms with van der Waals surface area (Å²) in [6, 6.07) is 11.3. The van der Waals surface area contributed by atoms with Crippen molar-refractivity contribution in [2.75, 3.05) is 11.1 Å². The molecule has 2 aromatic rings. The van der Waals surface area contributed by atoms with Crippen LogP contribution >= 0.6 is 11.6 Å². The Labute approximate surface area is 109 Å². The maximum Gasteiger partial charge on any atom is 0.143 e. The van der Waals surface area contributed by atoms with Gasteiger partial charge in [-0.05, 0) is 36.4 Å². The smallest absolute Gasteiger partial charge is 0.143 e. The van der Waals surface area contributed by atoms with Gasteiger partial charge in [-0.1, -0.05) is 11.6 Å². The maximum absolute atomic E-state index is 13.2. The molecule has 2 aromatic carbocycles. The van der Waals surface area contributed by atoms with Crippen molar-refractivity contribution in [3.8, 4) is 6.07 Å². The average Bonchev–Trinajstić information content (AvgIpc) is 2.36. The Hall–Kier alpha value is -2.25. The van der Waals surface area contributed by atoms with Crippen LogP contribution in [0.3, 0.4) is 0 Å². The summed E-state index contributed by atoms with van der Waals surface area (Å²) in [5.41, 5.74) is 7.59. The third-order valence-corrected chi connectivity index (χ3v) is 2.69. The Morgan fingerprint density at radius 2 is 1.83 bits per heavy atom. The summed E-state index contributed by atoms with van der Waals surface area (Å²) in [5, 5.41) is 11.9. The largest absolute Gasteiger partial charge is 0.398 e. The lowest BCUT2D eigenvalue weighted by molar-refractivity contribution is 0.629. The van der Waals surface area contributed by atoms with Gasteiger partial charge >= 0.3 is 0 Å². The number of nitrogens with one attached hydrogen (secondary N) is 1. The molecule has 0 spiro atoms. The van der Waals surface area contributed by atoms with Crippen molar-refractivity contribution >= 4 is 28.7 Å². The highest BCUT2D eigenvalue weighted by molar-refractivity contribution is 6.30. The summed E-state index contributed by atoms with van der Waals surface area (Å²) in [7, 11) is 0. The molecule has 0 amide bonds. The standard InChI is InChI=1S/C13H9ClFN3/c14-11-3-1-10(6-12(11)15)18-9-2-4-13(17)8(5-9)7-16/h1-6,18H,17H2. The first-order valence-electron chi connectivity index (χ1n) is 5.12. The lowest BCUT2D eigenvalue weighted by Gasteiger charge is -2.08. The molecule has 3 N–H and O–H groups in total. The maximum atomic E-state index is 13.2. The van der Waals surface area contributed by atoms with Gasteiger partial charge in [-0.3, -0.25) is 0 Å². The van der Waals surface area contributed by atoms with Crippen LogP contribution in [0.25, 0.3) is 0 Å². The third kappa shape index (κ3) is 2.53. The lowest BCUT2D eigenvalue weighted by Crippen LogP contribution is -1.95. The van der Waals surface area contributed by atoms with Gasteiger partial charge in [0.2, 0.25) is 0 Å². The van der Waals surface area contributed by atoms with E-state index in [1.807, 2.05) is 6.07 Å². The lowest BCUT2D eigenvalue weighted by atomic mass is 10.1. The summed E-state index contributed by atoms with van der Waals surface area (Å²) in [5.74, 6) is -0.502. The van der Waals surface area contributed by atoms with Crippen LogP contribution in [0.15, 0.2) is 36.4 Å². The zero-order valence-corrected chi connectivity index (χ0v) is 10.0. The van der Waals surface area contributed by atoms with Crippen molar-refractivity contribution in [1.82, 2.24) is 0 Å². The molecule has 18 heavy (non-hydrogen) atoms. The molecule has 0 heterocycles. The second kappa shape index (κ2) is 4.94. The molecule has 0 unspecified atom stereocenters. The van der Waals surface area contributed by atoms with Crippen molar-refractivity contribution < 1.29 is 4.39 Å². The van der Waals surface area contributed by atoms with Crippen molar-refractivity contribution in [1.29, 1.82) is 5.26 Å². The summed E-state index contributed by atoms with van der Waals surface area (Å²) in [6.07, 6.45) is 0. The number of nitriles is 1. The van der Waals surface area contributed by atoms with Crippen LogP contribution in [0.4, 0.5) is 21.5 Å². The average molecular weight is 262 g/mol. The minimum absolute atomic E-state index is 0.0653. The van der Waals surface area contributed by atoms with Gasteiger partial charge in [-0.15, -0.1) is 0 Å². The van der Waals surface area contributed by atoms with Crippen LogP contribution in [0, 0.1) is 17.1 Å². The first kappa shape index (κ1) is 12.2. The minimum atomic E-state index is -0.502. The summed E-state index contributed by atoms with van der Waals surface area (Å²) in [4.78, 5) is 0. The van der Waals surface area contributed by atoms with E-state index >= 15 is 0 Å². The van der Waals surface area contributed by atoms with Crippen LogP contribution < -0.4 is 11.1 Å². The zero-order valence-electron chi connectivity index (χ0n) is 9.24. The molecule has 2 rings (SSSR count). The predicted molar refractivity (Wildman–Crippen MR) is 70.3 cm³/mol. The van der Waals surface area contributed by atoms with Crippen LogP contribution in [0.1, 0.15) is 5.56 Å². The van der Waals surface area contributed by atoms with Crippen LogP contribution in [-0.2, 0) is 0 Å². The Kier molecular flexibility index (Phi) is 3.35. The monoisotopic (exact) mass is 261 g/mol. The highest BCUT2D eigenvalue weighted by Crippen LogP contribution is 2.24. The molecule has 90 valence electrons. The number of nitrogens with zero attached hydrogens (tertiary/aromatic N) is 1. The second-order valence-electron chi connectivity index (χ2n) is 3.67. The number of benzene rings is 2. The molecule has 3 nitrogen and oxygen atoms in total. The number of rotatable bonds is 2. The molecule has 0 saturated carbocycles. The van der Waals surface area contributed by atoms with Gasteiger partial charge in [0.15, 0.2) is 0 Å². The molecular weight excluding hydrogens is 253 g/mol. The third-order valence-electron chi connectivity index (χ3n) is 2.38. The topological polar surface area (TPSA) is 61.8 Å². The van der Waals surface area contributed by atoms with Gasteiger partial charge in [0.05, 0.1) is 10.6 Å². The molecule has 0 radical (unpaired) electrons. The molecule has 0 atom stereocenters. The normalized spacial score (nSPS) is 9.83. The molecule has 0 fully saturated rings.